The minimum absolute atomic E-state index is 0.0369. The highest BCUT2D eigenvalue weighted by molar-refractivity contribution is 5.87. The molecule has 0 aliphatic carbocycles. The standard InChI is InChI=1S/C21H29N3O7/c1-9-27-18(25)13-10-28-16(22-13)14-11(2)29-17(23-14)15-12(3)30-21(7,8)24(15)19(26)31-20(4,5)6/h10,12,15H,9H2,1-8H3. The zero-order valence-electron chi connectivity index (χ0n) is 19.1. The number of oxazole rings is 2. The van der Waals surface area contributed by atoms with E-state index in [1.165, 1.54) is 11.2 Å². The van der Waals surface area contributed by atoms with Crippen molar-refractivity contribution in [3.05, 3.63) is 23.6 Å². The van der Waals surface area contributed by atoms with Gasteiger partial charge in [-0.15, -0.1) is 0 Å². The number of aryl methyl sites for hydroxylation is 1. The number of aromatic nitrogens is 2. The fourth-order valence-corrected chi connectivity index (χ4v) is 3.50. The van der Waals surface area contributed by atoms with E-state index in [0.29, 0.717) is 11.5 Å². The van der Waals surface area contributed by atoms with E-state index in [-0.39, 0.29) is 24.1 Å². The Labute approximate surface area is 180 Å². The quantitative estimate of drug-likeness (QED) is 0.650. The van der Waals surface area contributed by atoms with E-state index < -0.39 is 35.5 Å². The Kier molecular flexibility index (Phi) is 5.88. The van der Waals surface area contributed by atoms with Crippen molar-refractivity contribution in [2.24, 2.45) is 0 Å². The number of esters is 1. The molecule has 1 fully saturated rings. The summed E-state index contributed by atoms with van der Waals surface area (Å²) in [7, 11) is 0. The molecule has 0 radical (unpaired) electrons. The maximum atomic E-state index is 13.0. The van der Waals surface area contributed by atoms with Crippen LogP contribution in [0, 0.1) is 6.92 Å². The topological polar surface area (TPSA) is 117 Å². The Balaban J connectivity index is 1.95. The molecule has 3 rings (SSSR count). The van der Waals surface area contributed by atoms with E-state index >= 15 is 0 Å². The van der Waals surface area contributed by atoms with Crippen LogP contribution in [0.25, 0.3) is 11.6 Å². The first-order valence-corrected chi connectivity index (χ1v) is 10.1. The Hall–Kier alpha value is -2.88. The summed E-state index contributed by atoms with van der Waals surface area (Å²) in [6.07, 6.45) is 0.261. The zero-order valence-corrected chi connectivity index (χ0v) is 19.1. The van der Waals surface area contributed by atoms with Crippen molar-refractivity contribution in [2.45, 2.75) is 78.9 Å². The van der Waals surface area contributed by atoms with E-state index in [0.717, 1.165) is 0 Å². The molecule has 0 saturated carbocycles. The van der Waals surface area contributed by atoms with Gasteiger partial charge in [0.2, 0.25) is 11.8 Å². The van der Waals surface area contributed by atoms with Crippen molar-refractivity contribution in [1.29, 1.82) is 0 Å². The van der Waals surface area contributed by atoms with Gasteiger partial charge in [-0.2, -0.15) is 0 Å². The average molecular weight is 435 g/mol. The molecular weight excluding hydrogens is 406 g/mol. The van der Waals surface area contributed by atoms with Gasteiger partial charge in [0.15, 0.2) is 11.4 Å². The third-order valence-electron chi connectivity index (χ3n) is 4.62. The summed E-state index contributed by atoms with van der Waals surface area (Å²) in [4.78, 5) is 35.0. The van der Waals surface area contributed by atoms with Gasteiger partial charge in [-0.3, -0.25) is 4.90 Å². The van der Waals surface area contributed by atoms with Gasteiger partial charge in [0.05, 0.1) is 12.7 Å². The monoisotopic (exact) mass is 435 g/mol. The minimum atomic E-state index is -0.936. The molecule has 31 heavy (non-hydrogen) atoms. The maximum Gasteiger partial charge on any atom is 0.413 e. The van der Waals surface area contributed by atoms with Gasteiger partial charge in [-0.05, 0) is 55.4 Å². The molecule has 1 saturated heterocycles. The number of hydrogen-bond acceptors (Lipinski definition) is 9. The van der Waals surface area contributed by atoms with Gasteiger partial charge in [0, 0.05) is 0 Å². The maximum absolute atomic E-state index is 13.0. The van der Waals surface area contributed by atoms with Crippen molar-refractivity contribution in [1.82, 2.24) is 14.9 Å². The SMILES string of the molecule is CCOC(=O)c1coc(-c2nc(C3C(C)OC(C)(C)N3C(=O)OC(C)(C)C)oc2C)n1. The highest BCUT2D eigenvalue weighted by atomic mass is 16.6. The molecule has 2 aromatic heterocycles. The number of hydrogen-bond donors (Lipinski definition) is 0. The summed E-state index contributed by atoms with van der Waals surface area (Å²) >= 11 is 0. The van der Waals surface area contributed by atoms with Crippen LogP contribution in [0.4, 0.5) is 4.79 Å². The molecule has 2 aromatic rings. The molecule has 0 N–H and O–H groups in total. The van der Waals surface area contributed by atoms with Crippen molar-refractivity contribution in [2.75, 3.05) is 6.61 Å². The minimum Gasteiger partial charge on any atom is -0.461 e. The van der Waals surface area contributed by atoms with Crippen LogP contribution in [0.5, 0.6) is 0 Å². The number of rotatable bonds is 4. The summed E-state index contributed by atoms with van der Waals surface area (Å²) in [5, 5.41) is 0. The summed E-state index contributed by atoms with van der Waals surface area (Å²) in [5.41, 5.74) is -1.25. The smallest absolute Gasteiger partial charge is 0.413 e. The lowest BCUT2D eigenvalue weighted by Gasteiger charge is -2.34. The molecule has 2 unspecified atom stereocenters. The number of ether oxygens (including phenoxy) is 3. The summed E-state index contributed by atoms with van der Waals surface area (Å²) < 4.78 is 27.8. The van der Waals surface area contributed by atoms with Crippen molar-refractivity contribution in [3.8, 4) is 11.6 Å². The van der Waals surface area contributed by atoms with Crippen LogP contribution in [-0.4, -0.2) is 51.0 Å². The molecule has 170 valence electrons. The molecule has 0 bridgehead atoms. The number of nitrogens with zero attached hydrogens (tertiary/aromatic N) is 3. The van der Waals surface area contributed by atoms with Crippen LogP contribution in [-0.2, 0) is 14.2 Å². The molecule has 1 aliphatic rings. The number of amides is 1. The van der Waals surface area contributed by atoms with Gasteiger partial charge >= 0.3 is 12.1 Å². The number of carbonyl (C=O) groups excluding carboxylic acids is 2. The van der Waals surface area contributed by atoms with Crippen LogP contribution in [0.1, 0.15) is 76.6 Å². The Morgan fingerprint density at radius 1 is 1.26 bits per heavy atom. The molecule has 3 heterocycles. The normalized spacial score (nSPS) is 20.7. The van der Waals surface area contributed by atoms with Gasteiger partial charge in [0.25, 0.3) is 0 Å². The lowest BCUT2D eigenvalue weighted by Crippen LogP contribution is -2.47. The summed E-state index contributed by atoms with van der Waals surface area (Å²) in [6, 6.07) is -0.628. The van der Waals surface area contributed by atoms with Crippen LogP contribution in [0.15, 0.2) is 15.1 Å². The summed E-state index contributed by atoms with van der Waals surface area (Å²) in [5.74, 6) is 0.209. The van der Waals surface area contributed by atoms with Crippen LogP contribution < -0.4 is 0 Å². The Morgan fingerprint density at radius 3 is 2.55 bits per heavy atom. The second-order valence-corrected chi connectivity index (χ2v) is 8.78. The van der Waals surface area contributed by atoms with Crippen molar-refractivity contribution < 1.29 is 32.6 Å². The Bertz CT molecular complexity index is 970. The van der Waals surface area contributed by atoms with E-state index in [4.69, 9.17) is 23.0 Å². The third kappa shape index (κ3) is 4.58. The van der Waals surface area contributed by atoms with Crippen LogP contribution >= 0.6 is 0 Å². The number of carbonyl (C=O) groups is 2. The second-order valence-electron chi connectivity index (χ2n) is 8.78. The van der Waals surface area contributed by atoms with Gasteiger partial charge < -0.3 is 23.0 Å². The van der Waals surface area contributed by atoms with E-state index in [1.54, 1.807) is 48.5 Å². The molecule has 10 nitrogen and oxygen atoms in total. The predicted molar refractivity (Wildman–Crippen MR) is 108 cm³/mol. The first-order chi connectivity index (χ1) is 14.3. The van der Waals surface area contributed by atoms with Crippen LogP contribution in [0.3, 0.4) is 0 Å². The average Bonchev–Trinajstić information content (AvgIpc) is 3.28. The van der Waals surface area contributed by atoms with Gasteiger partial charge in [0.1, 0.15) is 29.4 Å². The van der Waals surface area contributed by atoms with E-state index in [9.17, 15) is 9.59 Å². The predicted octanol–water partition coefficient (Wildman–Crippen LogP) is 4.25. The molecule has 2 atom stereocenters. The second kappa shape index (κ2) is 7.99. The molecule has 10 heteroatoms. The fourth-order valence-electron chi connectivity index (χ4n) is 3.50. The van der Waals surface area contributed by atoms with Crippen LogP contribution in [0.2, 0.25) is 0 Å². The fraction of sp³-hybridized carbons (Fsp3) is 0.619. The largest absolute Gasteiger partial charge is 0.461 e. The molecule has 0 spiro atoms. The highest BCUT2D eigenvalue weighted by Gasteiger charge is 2.52. The first kappa shape index (κ1) is 22.8. The van der Waals surface area contributed by atoms with Gasteiger partial charge in [-0.25, -0.2) is 19.6 Å². The first-order valence-electron chi connectivity index (χ1n) is 10.1. The Morgan fingerprint density at radius 2 is 1.94 bits per heavy atom. The lowest BCUT2D eigenvalue weighted by molar-refractivity contribution is -0.0760. The molecule has 1 aliphatic heterocycles. The molecular formula is C21H29N3O7. The van der Waals surface area contributed by atoms with Crippen molar-refractivity contribution in [3.63, 3.8) is 0 Å². The van der Waals surface area contributed by atoms with Crippen molar-refractivity contribution >= 4 is 12.1 Å². The third-order valence-corrected chi connectivity index (χ3v) is 4.62. The van der Waals surface area contributed by atoms with E-state index in [1.807, 2.05) is 6.92 Å². The molecule has 1 amide bonds. The summed E-state index contributed by atoms with van der Waals surface area (Å²) in [6.45, 7) is 14.4. The van der Waals surface area contributed by atoms with Gasteiger partial charge in [-0.1, -0.05) is 0 Å². The lowest BCUT2D eigenvalue weighted by atomic mass is 10.1. The molecule has 0 aromatic carbocycles. The zero-order chi connectivity index (χ0) is 23.1. The van der Waals surface area contributed by atoms with E-state index in [2.05, 4.69) is 9.97 Å². The highest BCUT2D eigenvalue weighted by Crippen LogP contribution is 2.43.